The molecule has 0 atom stereocenters. The van der Waals surface area contributed by atoms with Crippen LogP contribution in [0.1, 0.15) is 21.7 Å². The molecule has 2 aromatic rings. The first-order valence-electron chi connectivity index (χ1n) is 6.62. The lowest BCUT2D eigenvalue weighted by Gasteiger charge is -2.11. The highest BCUT2D eigenvalue weighted by Crippen LogP contribution is 2.14. The zero-order valence-corrected chi connectivity index (χ0v) is 12.6. The highest BCUT2D eigenvalue weighted by atomic mass is 16.2. The van der Waals surface area contributed by atoms with Gasteiger partial charge < -0.3 is 10.2 Å². The van der Waals surface area contributed by atoms with Crippen molar-refractivity contribution in [3.05, 3.63) is 35.2 Å². The molecular formula is C15H18N4O2. The van der Waals surface area contributed by atoms with E-state index in [9.17, 15) is 9.59 Å². The van der Waals surface area contributed by atoms with Gasteiger partial charge in [0.15, 0.2) is 0 Å². The minimum absolute atomic E-state index is 0.0253. The first-order valence-corrected chi connectivity index (χ1v) is 6.62. The highest BCUT2D eigenvalue weighted by molar-refractivity contribution is 5.98. The smallest absolute Gasteiger partial charge is 0.251 e. The van der Waals surface area contributed by atoms with Crippen molar-refractivity contribution in [3.63, 3.8) is 0 Å². The lowest BCUT2D eigenvalue weighted by Crippen LogP contribution is -2.36. The lowest BCUT2D eigenvalue weighted by molar-refractivity contribution is -0.127. The Hall–Kier alpha value is -2.50. The number of aromatic nitrogens is 2. The maximum Gasteiger partial charge on any atom is 0.251 e. The third kappa shape index (κ3) is 3.34. The van der Waals surface area contributed by atoms with Crippen LogP contribution in [-0.4, -0.2) is 47.3 Å². The second-order valence-corrected chi connectivity index (χ2v) is 5.07. The lowest BCUT2D eigenvalue weighted by atomic mass is 10.1. The summed E-state index contributed by atoms with van der Waals surface area (Å²) in [4.78, 5) is 33.8. The van der Waals surface area contributed by atoms with E-state index in [4.69, 9.17) is 0 Å². The van der Waals surface area contributed by atoms with Crippen LogP contribution in [-0.2, 0) is 4.79 Å². The third-order valence-corrected chi connectivity index (χ3v) is 3.24. The number of nitrogens with zero attached hydrogens (tertiary/aromatic N) is 3. The minimum Gasteiger partial charge on any atom is -0.347 e. The van der Waals surface area contributed by atoms with Gasteiger partial charge in [-0.3, -0.25) is 9.59 Å². The second kappa shape index (κ2) is 5.87. The molecule has 0 fully saturated rings. The van der Waals surface area contributed by atoms with Crippen LogP contribution in [0, 0.1) is 13.8 Å². The van der Waals surface area contributed by atoms with E-state index in [0.29, 0.717) is 11.1 Å². The topological polar surface area (TPSA) is 75.2 Å². The Morgan fingerprint density at radius 2 is 1.71 bits per heavy atom. The van der Waals surface area contributed by atoms with Gasteiger partial charge in [0, 0.05) is 19.7 Å². The van der Waals surface area contributed by atoms with E-state index >= 15 is 0 Å². The summed E-state index contributed by atoms with van der Waals surface area (Å²) < 4.78 is 0. The molecule has 21 heavy (non-hydrogen) atoms. The van der Waals surface area contributed by atoms with Gasteiger partial charge in [-0.05, 0) is 32.0 Å². The van der Waals surface area contributed by atoms with Gasteiger partial charge in [0.25, 0.3) is 5.91 Å². The van der Waals surface area contributed by atoms with Gasteiger partial charge in [-0.2, -0.15) is 0 Å². The molecule has 2 rings (SSSR count). The number of carbonyl (C=O) groups is 2. The summed E-state index contributed by atoms with van der Waals surface area (Å²) >= 11 is 0. The van der Waals surface area contributed by atoms with Gasteiger partial charge in [-0.15, -0.1) is 0 Å². The van der Waals surface area contributed by atoms with Crippen molar-refractivity contribution < 1.29 is 9.59 Å². The maximum absolute atomic E-state index is 12.0. The molecule has 110 valence electrons. The first-order chi connectivity index (χ1) is 9.88. The molecule has 0 bridgehead atoms. The van der Waals surface area contributed by atoms with E-state index in [-0.39, 0.29) is 18.4 Å². The van der Waals surface area contributed by atoms with Crippen molar-refractivity contribution in [1.82, 2.24) is 20.2 Å². The normalized spacial score (nSPS) is 10.5. The van der Waals surface area contributed by atoms with Gasteiger partial charge in [0.2, 0.25) is 5.91 Å². The summed E-state index contributed by atoms with van der Waals surface area (Å²) in [5.41, 5.74) is 3.59. The largest absolute Gasteiger partial charge is 0.347 e. The summed E-state index contributed by atoms with van der Waals surface area (Å²) in [6.07, 6.45) is 0. The van der Waals surface area contributed by atoms with Crippen molar-refractivity contribution in [3.8, 4) is 0 Å². The second-order valence-electron chi connectivity index (χ2n) is 5.07. The van der Waals surface area contributed by atoms with E-state index in [1.54, 1.807) is 32.3 Å². The number of likely N-dealkylation sites (N-methyl/N-ethyl adjacent to an activating group) is 1. The number of amides is 2. The van der Waals surface area contributed by atoms with Crippen molar-refractivity contribution in [2.24, 2.45) is 0 Å². The molecular weight excluding hydrogens is 268 g/mol. The first kappa shape index (κ1) is 14.9. The summed E-state index contributed by atoms with van der Waals surface area (Å²) in [6, 6.07) is 5.13. The third-order valence-electron chi connectivity index (χ3n) is 3.24. The average Bonchev–Trinajstić information content (AvgIpc) is 2.45. The van der Waals surface area contributed by atoms with Crippen LogP contribution < -0.4 is 5.32 Å². The van der Waals surface area contributed by atoms with Crippen molar-refractivity contribution in [1.29, 1.82) is 0 Å². The van der Waals surface area contributed by atoms with E-state index in [1.165, 1.54) is 4.90 Å². The summed E-state index contributed by atoms with van der Waals surface area (Å²) in [6.45, 7) is 3.75. The molecule has 1 aromatic heterocycles. The molecule has 0 saturated carbocycles. The van der Waals surface area contributed by atoms with Gasteiger partial charge >= 0.3 is 0 Å². The fraction of sp³-hybridized carbons (Fsp3) is 0.333. The number of nitrogens with one attached hydrogen (secondary N) is 1. The monoisotopic (exact) mass is 286 g/mol. The number of fused-ring (bicyclic) bond motifs is 1. The molecule has 0 radical (unpaired) electrons. The molecule has 1 N–H and O–H groups in total. The highest BCUT2D eigenvalue weighted by Gasteiger charge is 2.11. The number of carbonyl (C=O) groups excluding carboxylic acids is 2. The molecule has 0 aliphatic heterocycles. The Bertz CT molecular complexity index is 710. The molecule has 6 nitrogen and oxygen atoms in total. The average molecular weight is 286 g/mol. The van der Waals surface area contributed by atoms with Crippen LogP contribution >= 0.6 is 0 Å². The van der Waals surface area contributed by atoms with E-state index in [2.05, 4.69) is 15.3 Å². The van der Waals surface area contributed by atoms with Crippen LogP contribution in [0.5, 0.6) is 0 Å². The zero-order valence-electron chi connectivity index (χ0n) is 12.6. The minimum atomic E-state index is -0.299. The van der Waals surface area contributed by atoms with Crippen molar-refractivity contribution >= 4 is 22.8 Å². The summed E-state index contributed by atoms with van der Waals surface area (Å²) in [5.74, 6) is -0.456. The SMILES string of the molecule is Cc1nc2ccc(C(=O)NCC(=O)N(C)C)cc2nc1C. The van der Waals surface area contributed by atoms with Gasteiger partial charge in [-0.1, -0.05) is 0 Å². The van der Waals surface area contributed by atoms with Crippen LogP contribution in [0.4, 0.5) is 0 Å². The molecule has 2 amide bonds. The summed E-state index contributed by atoms with van der Waals surface area (Å²) in [5, 5.41) is 2.59. The number of aryl methyl sites for hydroxylation is 2. The maximum atomic E-state index is 12.0. The number of benzene rings is 1. The molecule has 0 aliphatic rings. The van der Waals surface area contributed by atoms with Gasteiger partial charge in [0.05, 0.1) is 29.0 Å². The number of rotatable bonds is 3. The Kier molecular flexibility index (Phi) is 4.16. The summed E-state index contributed by atoms with van der Waals surface area (Å²) in [7, 11) is 3.29. The Balaban J connectivity index is 2.20. The van der Waals surface area contributed by atoms with Crippen LogP contribution in [0.3, 0.4) is 0 Å². The van der Waals surface area contributed by atoms with E-state index < -0.39 is 0 Å². The number of hydrogen-bond acceptors (Lipinski definition) is 4. The Morgan fingerprint density at radius 1 is 1.10 bits per heavy atom. The molecule has 0 saturated heterocycles. The van der Waals surface area contributed by atoms with Crippen LogP contribution in [0.15, 0.2) is 18.2 Å². The molecule has 6 heteroatoms. The van der Waals surface area contributed by atoms with Crippen LogP contribution in [0.25, 0.3) is 11.0 Å². The predicted octanol–water partition coefficient (Wildman–Crippen LogP) is 1.06. The van der Waals surface area contributed by atoms with Crippen molar-refractivity contribution in [2.75, 3.05) is 20.6 Å². The van der Waals surface area contributed by atoms with Crippen molar-refractivity contribution in [2.45, 2.75) is 13.8 Å². The zero-order chi connectivity index (χ0) is 15.6. The molecule has 0 spiro atoms. The fourth-order valence-corrected chi connectivity index (χ4v) is 1.79. The predicted molar refractivity (Wildman–Crippen MR) is 80.0 cm³/mol. The van der Waals surface area contributed by atoms with Gasteiger partial charge in [0.1, 0.15) is 0 Å². The number of hydrogen-bond donors (Lipinski definition) is 1. The standard InChI is InChI=1S/C15H18N4O2/c1-9-10(2)18-13-7-11(5-6-12(13)17-9)15(21)16-8-14(20)19(3)4/h5-7H,8H2,1-4H3,(H,16,21). The molecule has 0 unspecified atom stereocenters. The Labute approximate surface area is 123 Å². The van der Waals surface area contributed by atoms with E-state index in [0.717, 1.165) is 16.9 Å². The quantitative estimate of drug-likeness (QED) is 0.915. The van der Waals surface area contributed by atoms with Gasteiger partial charge in [-0.25, -0.2) is 9.97 Å². The molecule has 1 aromatic carbocycles. The fourth-order valence-electron chi connectivity index (χ4n) is 1.79. The van der Waals surface area contributed by atoms with Crippen LogP contribution in [0.2, 0.25) is 0 Å². The Morgan fingerprint density at radius 3 is 2.33 bits per heavy atom. The van der Waals surface area contributed by atoms with E-state index in [1.807, 2.05) is 13.8 Å². The molecule has 1 heterocycles. The molecule has 0 aliphatic carbocycles.